The molecule has 1 aliphatic rings. The number of rotatable bonds is 5. The van der Waals surface area contributed by atoms with E-state index in [4.69, 9.17) is 9.47 Å². The molecule has 0 atom stereocenters. The van der Waals surface area contributed by atoms with Gasteiger partial charge in [-0.05, 0) is 19.1 Å². The van der Waals surface area contributed by atoms with E-state index in [0.29, 0.717) is 5.56 Å². The number of nitrogens with one attached hydrogen (secondary N) is 2. The molecule has 1 aliphatic heterocycles. The Morgan fingerprint density at radius 1 is 1.14 bits per heavy atom. The average molecular weight is 304 g/mol. The number of amides is 2. The van der Waals surface area contributed by atoms with Crippen molar-refractivity contribution in [2.24, 2.45) is 0 Å². The van der Waals surface area contributed by atoms with Gasteiger partial charge in [0.1, 0.15) is 6.61 Å². The Bertz CT molecular complexity index is 610. The molecule has 1 aromatic rings. The zero-order valence-electron chi connectivity index (χ0n) is 12.0. The third-order valence-corrected chi connectivity index (χ3v) is 2.93. The zero-order valence-corrected chi connectivity index (χ0v) is 12.0. The molecule has 0 unspecified atom stereocenters. The number of ether oxygens (including phenoxy) is 2. The molecule has 0 saturated carbocycles. The number of benzene rings is 1. The van der Waals surface area contributed by atoms with Gasteiger partial charge in [0.05, 0.1) is 30.0 Å². The van der Waals surface area contributed by atoms with Gasteiger partial charge in [0.15, 0.2) is 0 Å². The number of carbonyl (C=O) groups excluding carboxylic acids is 3. The lowest BCUT2D eigenvalue weighted by molar-refractivity contribution is -0.138. The van der Waals surface area contributed by atoms with Crippen molar-refractivity contribution in [1.82, 2.24) is 10.6 Å². The second-order valence-electron chi connectivity index (χ2n) is 4.43. The molecular weight excluding hydrogens is 288 g/mol. The molecular formula is C15H16N2O5. The monoisotopic (exact) mass is 304 g/mol. The summed E-state index contributed by atoms with van der Waals surface area (Å²) in [5.74, 6) is -1.09. The highest BCUT2D eigenvalue weighted by Crippen LogP contribution is 2.10. The molecule has 2 rings (SSSR count). The SMILES string of the molecule is CCOC(=O)C1=C(COC(=O)c2ccccc2)NC(=O)NC1. The smallest absolute Gasteiger partial charge is 0.338 e. The van der Waals surface area contributed by atoms with E-state index in [-0.39, 0.29) is 31.0 Å². The van der Waals surface area contributed by atoms with Crippen molar-refractivity contribution in [3.63, 3.8) is 0 Å². The fraction of sp³-hybridized carbons (Fsp3) is 0.267. The van der Waals surface area contributed by atoms with Crippen molar-refractivity contribution in [1.29, 1.82) is 0 Å². The van der Waals surface area contributed by atoms with Gasteiger partial charge < -0.3 is 20.1 Å². The lowest BCUT2D eigenvalue weighted by Gasteiger charge is -2.21. The van der Waals surface area contributed by atoms with Gasteiger partial charge in [0, 0.05) is 0 Å². The Hall–Kier alpha value is -2.83. The van der Waals surface area contributed by atoms with Crippen LogP contribution < -0.4 is 10.6 Å². The molecule has 0 fully saturated rings. The Morgan fingerprint density at radius 2 is 1.86 bits per heavy atom. The average Bonchev–Trinajstić information content (AvgIpc) is 2.53. The predicted octanol–water partition coefficient (Wildman–Crippen LogP) is 0.973. The van der Waals surface area contributed by atoms with Crippen molar-refractivity contribution in [2.75, 3.05) is 19.8 Å². The number of urea groups is 1. The van der Waals surface area contributed by atoms with E-state index in [2.05, 4.69) is 10.6 Å². The van der Waals surface area contributed by atoms with E-state index >= 15 is 0 Å². The maximum Gasteiger partial charge on any atom is 0.338 e. The third-order valence-electron chi connectivity index (χ3n) is 2.93. The van der Waals surface area contributed by atoms with Crippen LogP contribution in [0, 0.1) is 0 Å². The van der Waals surface area contributed by atoms with Gasteiger partial charge in [-0.1, -0.05) is 18.2 Å². The molecule has 22 heavy (non-hydrogen) atoms. The van der Waals surface area contributed by atoms with Crippen LogP contribution in [0.4, 0.5) is 4.79 Å². The second kappa shape index (κ2) is 7.26. The zero-order chi connectivity index (χ0) is 15.9. The summed E-state index contributed by atoms with van der Waals surface area (Å²) >= 11 is 0. The maximum atomic E-state index is 11.9. The van der Waals surface area contributed by atoms with Crippen LogP contribution in [0.1, 0.15) is 17.3 Å². The molecule has 7 heteroatoms. The van der Waals surface area contributed by atoms with Crippen LogP contribution >= 0.6 is 0 Å². The normalized spacial score (nSPS) is 14.0. The largest absolute Gasteiger partial charge is 0.463 e. The lowest BCUT2D eigenvalue weighted by atomic mass is 10.1. The molecule has 7 nitrogen and oxygen atoms in total. The standard InChI is InChI=1S/C15H16N2O5/c1-2-21-14(19)11-8-16-15(20)17-12(11)9-22-13(18)10-6-4-3-5-7-10/h3-7H,2,8-9H2,1H3,(H2,16,17,20). The van der Waals surface area contributed by atoms with Crippen LogP contribution in [0.3, 0.4) is 0 Å². The molecule has 0 spiro atoms. The first-order valence-corrected chi connectivity index (χ1v) is 6.78. The Labute approximate surface area is 127 Å². The second-order valence-corrected chi connectivity index (χ2v) is 4.43. The summed E-state index contributed by atoms with van der Waals surface area (Å²) in [6.45, 7) is 1.72. The van der Waals surface area contributed by atoms with Crippen molar-refractivity contribution >= 4 is 18.0 Å². The molecule has 2 N–H and O–H groups in total. The highest BCUT2D eigenvalue weighted by molar-refractivity contribution is 5.94. The molecule has 0 radical (unpaired) electrons. The van der Waals surface area contributed by atoms with E-state index in [1.807, 2.05) is 0 Å². The summed E-state index contributed by atoms with van der Waals surface area (Å²) in [6.07, 6.45) is 0. The Morgan fingerprint density at radius 3 is 2.55 bits per heavy atom. The van der Waals surface area contributed by atoms with Crippen LogP contribution in [0.15, 0.2) is 41.6 Å². The van der Waals surface area contributed by atoms with Gasteiger partial charge in [-0.15, -0.1) is 0 Å². The van der Waals surface area contributed by atoms with Gasteiger partial charge in [-0.2, -0.15) is 0 Å². The van der Waals surface area contributed by atoms with Gasteiger partial charge >= 0.3 is 18.0 Å². The minimum Gasteiger partial charge on any atom is -0.463 e. The minimum absolute atomic E-state index is 0.0306. The summed E-state index contributed by atoms with van der Waals surface area (Å²) in [5.41, 5.74) is 0.856. The summed E-state index contributed by atoms with van der Waals surface area (Å²) < 4.78 is 10.0. The topological polar surface area (TPSA) is 93.7 Å². The maximum absolute atomic E-state index is 11.9. The first-order valence-electron chi connectivity index (χ1n) is 6.78. The molecule has 116 valence electrons. The van der Waals surface area contributed by atoms with E-state index in [9.17, 15) is 14.4 Å². The first-order chi connectivity index (χ1) is 10.6. The molecule has 1 aromatic carbocycles. The van der Waals surface area contributed by atoms with E-state index in [0.717, 1.165) is 0 Å². The number of carbonyl (C=O) groups is 3. The quantitative estimate of drug-likeness (QED) is 0.791. The highest BCUT2D eigenvalue weighted by atomic mass is 16.5. The van der Waals surface area contributed by atoms with Gasteiger partial charge in [-0.25, -0.2) is 14.4 Å². The van der Waals surface area contributed by atoms with Crippen LogP contribution in [0.2, 0.25) is 0 Å². The molecule has 0 bridgehead atoms. The summed E-state index contributed by atoms with van der Waals surface area (Å²) in [6, 6.07) is 7.98. The molecule has 1 heterocycles. The number of esters is 2. The minimum atomic E-state index is -0.555. The number of hydrogen-bond donors (Lipinski definition) is 2. The van der Waals surface area contributed by atoms with Crippen LogP contribution in [0.25, 0.3) is 0 Å². The molecule has 0 aliphatic carbocycles. The van der Waals surface area contributed by atoms with E-state index in [1.54, 1.807) is 37.3 Å². The summed E-state index contributed by atoms with van der Waals surface area (Å²) in [5, 5.41) is 4.94. The summed E-state index contributed by atoms with van der Waals surface area (Å²) in [4.78, 5) is 35.1. The van der Waals surface area contributed by atoms with Crippen LogP contribution in [0.5, 0.6) is 0 Å². The Kier molecular flexibility index (Phi) is 5.13. The molecule has 2 amide bonds. The van der Waals surface area contributed by atoms with Crippen molar-refractivity contribution in [2.45, 2.75) is 6.92 Å². The van der Waals surface area contributed by atoms with E-state index in [1.165, 1.54) is 0 Å². The van der Waals surface area contributed by atoms with Gasteiger partial charge in [0.25, 0.3) is 0 Å². The predicted molar refractivity (Wildman–Crippen MR) is 76.9 cm³/mol. The number of hydrogen-bond acceptors (Lipinski definition) is 5. The fourth-order valence-corrected chi connectivity index (χ4v) is 1.86. The molecule has 0 aromatic heterocycles. The van der Waals surface area contributed by atoms with Crippen molar-refractivity contribution in [3.8, 4) is 0 Å². The van der Waals surface area contributed by atoms with E-state index < -0.39 is 18.0 Å². The third kappa shape index (κ3) is 3.85. The van der Waals surface area contributed by atoms with Gasteiger partial charge in [0.2, 0.25) is 0 Å². The van der Waals surface area contributed by atoms with Crippen LogP contribution in [-0.2, 0) is 14.3 Å². The van der Waals surface area contributed by atoms with Crippen molar-refractivity contribution in [3.05, 3.63) is 47.2 Å². The highest BCUT2D eigenvalue weighted by Gasteiger charge is 2.24. The fourth-order valence-electron chi connectivity index (χ4n) is 1.86. The van der Waals surface area contributed by atoms with Gasteiger partial charge in [-0.3, -0.25) is 0 Å². The summed E-state index contributed by atoms with van der Waals surface area (Å²) in [7, 11) is 0. The Balaban J connectivity index is 2.08. The van der Waals surface area contributed by atoms with Crippen LogP contribution in [-0.4, -0.2) is 37.7 Å². The van der Waals surface area contributed by atoms with Crippen molar-refractivity contribution < 1.29 is 23.9 Å². The lowest BCUT2D eigenvalue weighted by Crippen LogP contribution is -2.45. The molecule has 0 saturated heterocycles. The first kappa shape index (κ1) is 15.6.